The zero-order valence-electron chi connectivity index (χ0n) is 14.0. The van der Waals surface area contributed by atoms with E-state index >= 15 is 0 Å². The summed E-state index contributed by atoms with van der Waals surface area (Å²) in [6.45, 7) is 4.55. The van der Waals surface area contributed by atoms with Gasteiger partial charge in [-0.25, -0.2) is 15.0 Å². The Morgan fingerprint density at radius 2 is 2.04 bits per heavy atom. The molecule has 3 atom stereocenters. The van der Waals surface area contributed by atoms with Gasteiger partial charge in [0, 0.05) is 30.9 Å². The minimum atomic E-state index is -0.0313. The number of piperidine rings is 1. The van der Waals surface area contributed by atoms with E-state index in [-0.39, 0.29) is 5.60 Å². The second-order valence-electron chi connectivity index (χ2n) is 7.52. The highest BCUT2D eigenvalue weighted by Gasteiger charge is 2.47. The molecule has 2 aromatic heterocycles. The monoisotopic (exact) mass is 325 g/mol. The molecule has 1 spiro atoms. The highest BCUT2D eigenvalue weighted by Crippen LogP contribution is 2.39. The summed E-state index contributed by atoms with van der Waals surface area (Å²) >= 11 is 0. The predicted molar refractivity (Wildman–Crippen MR) is 92.1 cm³/mol. The molecule has 3 fully saturated rings. The van der Waals surface area contributed by atoms with Gasteiger partial charge in [0.15, 0.2) is 5.82 Å². The lowest BCUT2D eigenvalue weighted by Crippen LogP contribution is -2.59. The Balaban J connectivity index is 1.50. The standard InChI is InChI=1S/C18H23N5O/c1-12-2-5-15-16(21-12)17(20-11-19-15)23-6-7-24-18(10-23)8-13-3-4-14(9-18)22-13/h2,5,11,13-14,22H,3-4,6-10H2,1H3/t13-,14+,18?. The lowest BCUT2D eigenvalue weighted by atomic mass is 9.85. The molecule has 0 amide bonds. The van der Waals surface area contributed by atoms with Crippen molar-refractivity contribution >= 4 is 16.9 Å². The summed E-state index contributed by atoms with van der Waals surface area (Å²) in [6, 6.07) is 5.27. The van der Waals surface area contributed by atoms with Crippen LogP contribution in [0.4, 0.5) is 5.82 Å². The van der Waals surface area contributed by atoms with Crippen LogP contribution in [-0.2, 0) is 4.74 Å². The first-order chi connectivity index (χ1) is 11.7. The molecule has 0 aromatic carbocycles. The zero-order valence-corrected chi connectivity index (χ0v) is 14.0. The molecule has 6 heteroatoms. The second-order valence-corrected chi connectivity index (χ2v) is 7.52. The molecule has 5 rings (SSSR count). The molecular weight excluding hydrogens is 302 g/mol. The number of aryl methyl sites for hydroxylation is 1. The molecular formula is C18H23N5O. The first-order valence-electron chi connectivity index (χ1n) is 8.94. The van der Waals surface area contributed by atoms with Crippen molar-refractivity contribution in [1.29, 1.82) is 0 Å². The third-order valence-corrected chi connectivity index (χ3v) is 5.72. The normalized spacial score (nSPS) is 32.6. The van der Waals surface area contributed by atoms with Crippen LogP contribution in [0.15, 0.2) is 18.5 Å². The van der Waals surface area contributed by atoms with Gasteiger partial charge in [-0.15, -0.1) is 0 Å². The van der Waals surface area contributed by atoms with Gasteiger partial charge in [0.2, 0.25) is 0 Å². The Labute approximate surface area is 141 Å². The Kier molecular flexibility index (Phi) is 3.25. The summed E-state index contributed by atoms with van der Waals surface area (Å²) in [4.78, 5) is 16.0. The number of rotatable bonds is 1. The zero-order chi connectivity index (χ0) is 16.1. The number of ether oxygens (including phenoxy) is 1. The van der Waals surface area contributed by atoms with Crippen LogP contribution >= 0.6 is 0 Å². The van der Waals surface area contributed by atoms with Gasteiger partial charge in [-0.1, -0.05) is 0 Å². The fourth-order valence-electron chi connectivity index (χ4n) is 4.73. The van der Waals surface area contributed by atoms with Crippen LogP contribution in [0.5, 0.6) is 0 Å². The molecule has 3 aliphatic rings. The SMILES string of the molecule is Cc1ccc2ncnc(N3CCOC4(C[C@H]5CC[C@@H](C4)N5)C3)c2n1. The molecule has 2 bridgehead atoms. The molecule has 126 valence electrons. The van der Waals surface area contributed by atoms with E-state index in [2.05, 4.69) is 20.2 Å². The largest absolute Gasteiger partial charge is 0.371 e. The molecule has 3 saturated heterocycles. The van der Waals surface area contributed by atoms with Crippen molar-refractivity contribution in [3.63, 3.8) is 0 Å². The van der Waals surface area contributed by atoms with Gasteiger partial charge in [-0.05, 0) is 44.7 Å². The van der Waals surface area contributed by atoms with Gasteiger partial charge in [0.25, 0.3) is 0 Å². The van der Waals surface area contributed by atoms with E-state index in [4.69, 9.17) is 9.72 Å². The Morgan fingerprint density at radius 1 is 1.21 bits per heavy atom. The third kappa shape index (κ3) is 2.36. The number of pyridine rings is 1. The summed E-state index contributed by atoms with van der Waals surface area (Å²) in [7, 11) is 0. The van der Waals surface area contributed by atoms with Gasteiger partial charge < -0.3 is 15.0 Å². The number of anilines is 1. The van der Waals surface area contributed by atoms with E-state index in [0.717, 1.165) is 55.1 Å². The molecule has 2 aromatic rings. The molecule has 3 aliphatic heterocycles. The summed E-state index contributed by atoms with van der Waals surface area (Å²) < 4.78 is 6.33. The van der Waals surface area contributed by atoms with Crippen LogP contribution in [0.2, 0.25) is 0 Å². The van der Waals surface area contributed by atoms with Crippen molar-refractivity contribution in [2.75, 3.05) is 24.6 Å². The van der Waals surface area contributed by atoms with Crippen LogP contribution < -0.4 is 10.2 Å². The summed E-state index contributed by atoms with van der Waals surface area (Å²) in [5, 5.41) is 3.72. The van der Waals surface area contributed by atoms with Crippen LogP contribution in [0.1, 0.15) is 31.4 Å². The minimum Gasteiger partial charge on any atom is -0.371 e. The first-order valence-corrected chi connectivity index (χ1v) is 8.94. The number of hydrogen-bond donors (Lipinski definition) is 1. The van der Waals surface area contributed by atoms with Crippen LogP contribution in [0.3, 0.4) is 0 Å². The van der Waals surface area contributed by atoms with E-state index in [1.807, 2.05) is 19.1 Å². The average Bonchev–Trinajstić information content (AvgIpc) is 2.93. The van der Waals surface area contributed by atoms with Crippen molar-refractivity contribution in [2.24, 2.45) is 0 Å². The number of fused-ring (bicyclic) bond motifs is 3. The van der Waals surface area contributed by atoms with E-state index in [1.54, 1.807) is 6.33 Å². The lowest BCUT2D eigenvalue weighted by molar-refractivity contribution is -0.0845. The van der Waals surface area contributed by atoms with Crippen LogP contribution in [0, 0.1) is 6.92 Å². The third-order valence-electron chi connectivity index (χ3n) is 5.72. The Bertz CT molecular complexity index is 767. The second kappa shape index (κ2) is 5.36. The lowest BCUT2D eigenvalue weighted by Gasteiger charge is -2.47. The topological polar surface area (TPSA) is 63.2 Å². The van der Waals surface area contributed by atoms with Crippen molar-refractivity contribution < 1.29 is 4.74 Å². The van der Waals surface area contributed by atoms with E-state index < -0.39 is 0 Å². The first kappa shape index (κ1) is 14.5. The fraction of sp³-hybridized carbons (Fsp3) is 0.611. The number of nitrogens with zero attached hydrogens (tertiary/aromatic N) is 4. The summed E-state index contributed by atoms with van der Waals surface area (Å²) in [5.74, 6) is 0.956. The van der Waals surface area contributed by atoms with Crippen molar-refractivity contribution in [2.45, 2.75) is 50.3 Å². The van der Waals surface area contributed by atoms with E-state index in [0.29, 0.717) is 12.1 Å². The molecule has 5 heterocycles. The van der Waals surface area contributed by atoms with Crippen molar-refractivity contribution in [1.82, 2.24) is 20.3 Å². The molecule has 1 unspecified atom stereocenters. The van der Waals surface area contributed by atoms with E-state index in [9.17, 15) is 0 Å². The van der Waals surface area contributed by atoms with Gasteiger partial charge >= 0.3 is 0 Å². The quantitative estimate of drug-likeness (QED) is 0.863. The van der Waals surface area contributed by atoms with Crippen molar-refractivity contribution in [3.8, 4) is 0 Å². The maximum atomic E-state index is 6.33. The van der Waals surface area contributed by atoms with Gasteiger partial charge in [-0.3, -0.25) is 0 Å². The van der Waals surface area contributed by atoms with Gasteiger partial charge in [0.05, 0.1) is 17.7 Å². The molecule has 6 nitrogen and oxygen atoms in total. The minimum absolute atomic E-state index is 0.0313. The molecule has 24 heavy (non-hydrogen) atoms. The predicted octanol–water partition coefficient (Wildman–Crippen LogP) is 1.82. The molecule has 0 aliphatic carbocycles. The van der Waals surface area contributed by atoms with E-state index in [1.165, 1.54) is 12.8 Å². The number of aromatic nitrogens is 3. The summed E-state index contributed by atoms with van der Waals surface area (Å²) in [5.41, 5.74) is 2.79. The highest BCUT2D eigenvalue weighted by atomic mass is 16.5. The fourth-order valence-corrected chi connectivity index (χ4v) is 4.73. The number of nitrogens with one attached hydrogen (secondary N) is 1. The average molecular weight is 325 g/mol. The van der Waals surface area contributed by atoms with Crippen LogP contribution in [0.25, 0.3) is 11.0 Å². The number of morpholine rings is 1. The molecule has 0 saturated carbocycles. The maximum Gasteiger partial charge on any atom is 0.158 e. The molecule has 1 N–H and O–H groups in total. The number of hydrogen-bond acceptors (Lipinski definition) is 6. The summed E-state index contributed by atoms with van der Waals surface area (Å²) in [6.07, 6.45) is 6.44. The Hall–Kier alpha value is -1.79. The maximum absolute atomic E-state index is 6.33. The van der Waals surface area contributed by atoms with Gasteiger partial charge in [0.1, 0.15) is 11.8 Å². The van der Waals surface area contributed by atoms with Crippen molar-refractivity contribution in [3.05, 3.63) is 24.2 Å². The molecule has 0 radical (unpaired) electrons. The van der Waals surface area contributed by atoms with Gasteiger partial charge in [-0.2, -0.15) is 0 Å². The Morgan fingerprint density at radius 3 is 2.88 bits per heavy atom. The highest BCUT2D eigenvalue weighted by molar-refractivity contribution is 5.85. The smallest absolute Gasteiger partial charge is 0.158 e. The van der Waals surface area contributed by atoms with Crippen LogP contribution in [-0.4, -0.2) is 52.3 Å².